The van der Waals surface area contributed by atoms with Gasteiger partial charge < -0.3 is 11.1 Å². The molecule has 4 nitrogen and oxygen atoms in total. The number of anilines is 2. The summed E-state index contributed by atoms with van der Waals surface area (Å²) in [5.41, 5.74) is 7.32. The van der Waals surface area contributed by atoms with Crippen LogP contribution in [-0.4, -0.2) is 10.9 Å². The van der Waals surface area contributed by atoms with Crippen molar-refractivity contribution in [3.63, 3.8) is 0 Å². The van der Waals surface area contributed by atoms with Crippen LogP contribution in [0.4, 0.5) is 10.8 Å². The number of amides is 1. The molecule has 0 radical (unpaired) electrons. The van der Waals surface area contributed by atoms with Gasteiger partial charge in [-0.2, -0.15) is 0 Å². The molecular weight excluding hydrogens is 246 g/mol. The van der Waals surface area contributed by atoms with Gasteiger partial charge in [0.2, 0.25) is 5.91 Å². The van der Waals surface area contributed by atoms with E-state index in [1.807, 2.05) is 25.1 Å². The number of carbonyl (C=O) groups is 1. The average Bonchev–Trinajstić information content (AvgIpc) is 3.10. The molecule has 1 saturated carbocycles. The summed E-state index contributed by atoms with van der Waals surface area (Å²) in [6.45, 7) is 1.98. The summed E-state index contributed by atoms with van der Waals surface area (Å²) in [4.78, 5) is 16.4. The Balaban J connectivity index is 1.79. The van der Waals surface area contributed by atoms with Crippen LogP contribution in [0, 0.1) is 11.8 Å². The molecule has 5 heteroatoms. The van der Waals surface area contributed by atoms with Crippen LogP contribution in [0.3, 0.4) is 0 Å². The molecule has 1 aromatic heterocycles. The van der Waals surface area contributed by atoms with Gasteiger partial charge in [0.25, 0.3) is 0 Å². The van der Waals surface area contributed by atoms with Gasteiger partial charge in [0.15, 0.2) is 5.13 Å². The van der Waals surface area contributed by atoms with Crippen LogP contribution in [0.25, 0.3) is 10.2 Å². The minimum atomic E-state index is 0.0736. The molecule has 94 valence electrons. The summed E-state index contributed by atoms with van der Waals surface area (Å²) in [6.07, 6.45) is 2.34. The third-order valence-corrected chi connectivity index (χ3v) is 4.32. The molecule has 1 atom stereocenters. The lowest BCUT2D eigenvalue weighted by molar-refractivity contribution is -0.119. The van der Waals surface area contributed by atoms with Gasteiger partial charge in [-0.25, -0.2) is 4.98 Å². The first-order valence-corrected chi connectivity index (χ1v) is 6.92. The fraction of sp³-hybridized carbons (Fsp3) is 0.385. The monoisotopic (exact) mass is 261 g/mol. The van der Waals surface area contributed by atoms with E-state index in [2.05, 4.69) is 10.3 Å². The second kappa shape index (κ2) is 4.24. The first-order valence-electron chi connectivity index (χ1n) is 6.10. The standard InChI is InChI=1S/C13H15N3OS/c1-7(8-2-3-8)12(17)16-13-15-10-5-4-9(14)6-11(10)18-13/h4-8H,2-3,14H2,1H3,(H,15,16,17). The van der Waals surface area contributed by atoms with Crippen molar-refractivity contribution in [1.29, 1.82) is 0 Å². The zero-order valence-electron chi connectivity index (χ0n) is 10.1. The first kappa shape index (κ1) is 11.5. The van der Waals surface area contributed by atoms with E-state index < -0.39 is 0 Å². The summed E-state index contributed by atoms with van der Waals surface area (Å²) >= 11 is 1.47. The number of nitrogens with zero attached hydrogens (tertiary/aromatic N) is 1. The Bertz CT molecular complexity index is 603. The highest BCUT2D eigenvalue weighted by molar-refractivity contribution is 7.22. The largest absolute Gasteiger partial charge is 0.399 e. The van der Waals surface area contributed by atoms with Crippen molar-refractivity contribution >= 4 is 38.3 Å². The Hall–Kier alpha value is -1.62. The fourth-order valence-corrected chi connectivity index (χ4v) is 2.94. The van der Waals surface area contributed by atoms with Gasteiger partial charge >= 0.3 is 0 Å². The molecule has 1 aromatic carbocycles. The molecule has 1 aliphatic carbocycles. The van der Waals surface area contributed by atoms with Crippen LogP contribution in [0.15, 0.2) is 18.2 Å². The summed E-state index contributed by atoms with van der Waals surface area (Å²) in [7, 11) is 0. The number of nitrogen functional groups attached to an aromatic ring is 1. The highest BCUT2D eigenvalue weighted by Gasteiger charge is 2.32. The summed E-state index contributed by atoms with van der Waals surface area (Å²) in [6, 6.07) is 5.58. The molecule has 1 amide bonds. The average molecular weight is 261 g/mol. The maximum Gasteiger partial charge on any atom is 0.229 e. The van der Waals surface area contributed by atoms with E-state index >= 15 is 0 Å². The number of hydrogen-bond donors (Lipinski definition) is 2. The Morgan fingerprint density at radius 1 is 1.56 bits per heavy atom. The minimum absolute atomic E-state index is 0.0736. The molecule has 18 heavy (non-hydrogen) atoms. The number of carbonyl (C=O) groups excluding carboxylic acids is 1. The van der Waals surface area contributed by atoms with Gasteiger partial charge in [-0.05, 0) is 37.0 Å². The molecule has 0 aliphatic heterocycles. The smallest absolute Gasteiger partial charge is 0.229 e. The van der Waals surface area contributed by atoms with Crippen molar-refractivity contribution < 1.29 is 4.79 Å². The zero-order valence-corrected chi connectivity index (χ0v) is 11.0. The van der Waals surface area contributed by atoms with Crippen molar-refractivity contribution in [2.75, 3.05) is 11.1 Å². The molecule has 0 saturated heterocycles. The van der Waals surface area contributed by atoms with Gasteiger partial charge in [0, 0.05) is 11.6 Å². The number of nitrogens with one attached hydrogen (secondary N) is 1. The number of aromatic nitrogens is 1. The van der Waals surface area contributed by atoms with Gasteiger partial charge in [-0.15, -0.1) is 0 Å². The number of benzene rings is 1. The third-order valence-electron chi connectivity index (χ3n) is 3.39. The predicted octanol–water partition coefficient (Wildman–Crippen LogP) is 2.86. The first-order chi connectivity index (χ1) is 8.63. The molecule has 1 unspecified atom stereocenters. The summed E-state index contributed by atoms with van der Waals surface area (Å²) in [5, 5.41) is 3.56. The van der Waals surface area contributed by atoms with Crippen molar-refractivity contribution in [3.05, 3.63) is 18.2 Å². The number of rotatable bonds is 3. The van der Waals surface area contributed by atoms with Gasteiger partial charge in [-0.3, -0.25) is 4.79 Å². The minimum Gasteiger partial charge on any atom is -0.399 e. The van der Waals surface area contributed by atoms with Crippen LogP contribution in [0.1, 0.15) is 19.8 Å². The second-order valence-electron chi connectivity index (χ2n) is 4.86. The third kappa shape index (κ3) is 2.18. The zero-order chi connectivity index (χ0) is 12.7. The Labute approximate surface area is 109 Å². The van der Waals surface area contributed by atoms with Crippen LogP contribution < -0.4 is 11.1 Å². The van der Waals surface area contributed by atoms with Crippen LogP contribution >= 0.6 is 11.3 Å². The number of hydrogen-bond acceptors (Lipinski definition) is 4. The summed E-state index contributed by atoms with van der Waals surface area (Å²) in [5.74, 6) is 0.724. The molecule has 3 rings (SSSR count). The van der Waals surface area contributed by atoms with E-state index in [0.29, 0.717) is 11.0 Å². The van der Waals surface area contributed by atoms with Crippen molar-refractivity contribution in [2.45, 2.75) is 19.8 Å². The highest BCUT2D eigenvalue weighted by Crippen LogP contribution is 2.37. The van der Waals surface area contributed by atoms with E-state index in [4.69, 9.17) is 5.73 Å². The van der Waals surface area contributed by atoms with E-state index in [9.17, 15) is 4.79 Å². The number of thiazole rings is 1. The Morgan fingerprint density at radius 3 is 3.06 bits per heavy atom. The number of nitrogens with two attached hydrogens (primary N) is 1. The van der Waals surface area contributed by atoms with Gasteiger partial charge in [0.1, 0.15) is 0 Å². The van der Waals surface area contributed by atoms with Crippen LogP contribution in [0.5, 0.6) is 0 Å². The van der Waals surface area contributed by atoms with E-state index in [1.54, 1.807) is 0 Å². The Morgan fingerprint density at radius 2 is 2.33 bits per heavy atom. The molecule has 1 heterocycles. The lowest BCUT2D eigenvalue weighted by Crippen LogP contribution is -2.21. The second-order valence-corrected chi connectivity index (χ2v) is 5.89. The van der Waals surface area contributed by atoms with Crippen molar-refractivity contribution in [2.24, 2.45) is 11.8 Å². The normalized spacial score (nSPS) is 16.7. The van der Waals surface area contributed by atoms with Gasteiger partial charge in [0.05, 0.1) is 10.2 Å². The Kier molecular flexibility index (Phi) is 2.70. The van der Waals surface area contributed by atoms with Crippen molar-refractivity contribution in [1.82, 2.24) is 4.98 Å². The van der Waals surface area contributed by atoms with Gasteiger partial charge in [-0.1, -0.05) is 18.3 Å². The molecule has 0 spiro atoms. The molecule has 1 fully saturated rings. The predicted molar refractivity (Wildman–Crippen MR) is 74.6 cm³/mol. The molecular formula is C13H15N3OS. The lowest BCUT2D eigenvalue weighted by atomic mass is 10.1. The van der Waals surface area contributed by atoms with E-state index in [0.717, 1.165) is 15.9 Å². The van der Waals surface area contributed by atoms with Crippen LogP contribution in [0.2, 0.25) is 0 Å². The maximum absolute atomic E-state index is 12.0. The maximum atomic E-state index is 12.0. The summed E-state index contributed by atoms with van der Waals surface area (Å²) < 4.78 is 1.00. The van der Waals surface area contributed by atoms with Crippen LogP contribution in [-0.2, 0) is 4.79 Å². The molecule has 3 N–H and O–H groups in total. The molecule has 0 bridgehead atoms. The number of fused-ring (bicyclic) bond motifs is 1. The molecule has 1 aliphatic rings. The topological polar surface area (TPSA) is 68.0 Å². The fourth-order valence-electron chi connectivity index (χ4n) is 2.02. The van der Waals surface area contributed by atoms with Crippen molar-refractivity contribution in [3.8, 4) is 0 Å². The highest BCUT2D eigenvalue weighted by atomic mass is 32.1. The lowest BCUT2D eigenvalue weighted by Gasteiger charge is -2.08. The van der Waals surface area contributed by atoms with E-state index in [1.165, 1.54) is 24.2 Å². The van der Waals surface area contributed by atoms with E-state index in [-0.39, 0.29) is 11.8 Å². The molecule has 2 aromatic rings. The quantitative estimate of drug-likeness (QED) is 0.835. The SMILES string of the molecule is CC(C(=O)Nc1nc2ccc(N)cc2s1)C1CC1.